The molecule has 0 saturated carbocycles. The van der Waals surface area contributed by atoms with Gasteiger partial charge in [0, 0.05) is 43.1 Å². The van der Waals surface area contributed by atoms with Crippen molar-refractivity contribution in [2.75, 3.05) is 33.4 Å². The molecule has 1 aromatic heterocycles. The number of amides is 2. The van der Waals surface area contributed by atoms with Gasteiger partial charge in [-0.25, -0.2) is 0 Å². The van der Waals surface area contributed by atoms with Crippen LogP contribution in [0.1, 0.15) is 50.7 Å². The lowest BCUT2D eigenvalue weighted by Crippen LogP contribution is -2.48. The highest BCUT2D eigenvalue weighted by atomic mass is 32.1. The molecule has 1 saturated heterocycles. The van der Waals surface area contributed by atoms with Crippen LogP contribution in [0.3, 0.4) is 0 Å². The molecule has 6 heteroatoms. The highest BCUT2D eigenvalue weighted by Crippen LogP contribution is 2.45. The van der Waals surface area contributed by atoms with E-state index >= 15 is 0 Å². The Hall–Kier alpha value is -2.96. The van der Waals surface area contributed by atoms with Crippen LogP contribution < -0.4 is 0 Å². The lowest BCUT2D eigenvalue weighted by Gasteiger charge is -2.42. The molecule has 0 bridgehead atoms. The minimum atomic E-state index is -0.427. The summed E-state index contributed by atoms with van der Waals surface area (Å²) in [4.78, 5) is 32.5. The smallest absolute Gasteiger partial charge is 0.254 e. The number of benzene rings is 2. The summed E-state index contributed by atoms with van der Waals surface area (Å²) >= 11 is 1.60. The van der Waals surface area contributed by atoms with E-state index in [1.165, 1.54) is 5.56 Å². The molecular formula is C27H28N2O3S. The van der Waals surface area contributed by atoms with Crippen molar-refractivity contribution >= 4 is 23.2 Å². The fourth-order valence-corrected chi connectivity index (χ4v) is 6.10. The second-order valence-electron chi connectivity index (χ2n) is 8.70. The summed E-state index contributed by atoms with van der Waals surface area (Å²) in [6.45, 7) is 2.32. The van der Waals surface area contributed by atoms with Crippen LogP contribution in [0.4, 0.5) is 0 Å². The number of methoxy groups -OCH3 is 1. The number of carbonyl (C=O) groups is 2. The molecule has 2 aliphatic rings. The predicted octanol–water partition coefficient (Wildman–Crippen LogP) is 4.69. The van der Waals surface area contributed by atoms with E-state index in [0.29, 0.717) is 31.2 Å². The Balaban J connectivity index is 1.52. The first kappa shape index (κ1) is 21.9. The highest BCUT2D eigenvalue weighted by molar-refractivity contribution is 7.10. The van der Waals surface area contributed by atoms with E-state index in [1.807, 2.05) is 57.6 Å². The van der Waals surface area contributed by atoms with Crippen molar-refractivity contribution in [2.24, 2.45) is 0 Å². The molecule has 2 amide bonds. The van der Waals surface area contributed by atoms with Gasteiger partial charge in [-0.15, -0.1) is 11.3 Å². The Morgan fingerprint density at radius 3 is 2.61 bits per heavy atom. The number of likely N-dealkylation sites (tertiary alicyclic amines) is 1. The third-order valence-corrected chi connectivity index (χ3v) is 7.79. The molecule has 0 spiro atoms. The van der Waals surface area contributed by atoms with Crippen LogP contribution in [-0.4, -0.2) is 55.0 Å². The summed E-state index contributed by atoms with van der Waals surface area (Å²) in [7, 11) is 1.64. The van der Waals surface area contributed by atoms with E-state index in [1.54, 1.807) is 18.4 Å². The Bertz CT molecular complexity index is 1120. The molecular weight excluding hydrogens is 432 g/mol. The molecule has 1 fully saturated rings. The zero-order valence-corrected chi connectivity index (χ0v) is 19.5. The summed E-state index contributed by atoms with van der Waals surface area (Å²) < 4.78 is 5.32. The lowest BCUT2D eigenvalue weighted by atomic mass is 9.81. The highest BCUT2D eigenvalue weighted by Gasteiger charge is 2.46. The molecule has 33 heavy (non-hydrogen) atoms. The number of thiophene rings is 1. The van der Waals surface area contributed by atoms with E-state index in [0.717, 1.165) is 23.4 Å². The molecule has 0 unspecified atom stereocenters. The summed E-state index contributed by atoms with van der Waals surface area (Å²) in [5.41, 5.74) is 2.74. The number of carbonyl (C=O) groups excluding carboxylic acids is 2. The van der Waals surface area contributed by atoms with Gasteiger partial charge in [0.25, 0.3) is 5.91 Å². The second-order valence-corrected chi connectivity index (χ2v) is 9.68. The van der Waals surface area contributed by atoms with E-state index < -0.39 is 5.92 Å². The molecule has 3 aromatic rings. The zero-order chi connectivity index (χ0) is 22.8. The number of ether oxygens (including phenoxy) is 1. The van der Waals surface area contributed by atoms with Crippen LogP contribution in [0.15, 0.2) is 72.1 Å². The van der Waals surface area contributed by atoms with Crippen molar-refractivity contribution < 1.29 is 14.3 Å². The first-order chi connectivity index (χ1) is 16.2. The van der Waals surface area contributed by atoms with Gasteiger partial charge in [0.2, 0.25) is 5.91 Å². The Kier molecular flexibility index (Phi) is 6.29. The van der Waals surface area contributed by atoms with Gasteiger partial charge in [-0.3, -0.25) is 9.59 Å². The van der Waals surface area contributed by atoms with Crippen LogP contribution in [0, 0.1) is 0 Å². The number of rotatable bonds is 6. The Labute approximate surface area is 198 Å². The predicted molar refractivity (Wildman–Crippen MR) is 130 cm³/mol. The fourth-order valence-electron chi connectivity index (χ4n) is 5.22. The lowest BCUT2D eigenvalue weighted by molar-refractivity contribution is -0.133. The first-order valence-corrected chi connectivity index (χ1v) is 12.3. The van der Waals surface area contributed by atoms with Crippen molar-refractivity contribution in [1.82, 2.24) is 9.80 Å². The molecule has 0 radical (unpaired) electrons. The number of nitrogens with zero attached hydrogens (tertiary/aromatic N) is 2. The molecule has 170 valence electrons. The fraction of sp³-hybridized carbons (Fsp3) is 0.333. The van der Waals surface area contributed by atoms with Gasteiger partial charge >= 0.3 is 0 Å². The molecule has 3 atom stereocenters. The maximum Gasteiger partial charge on any atom is 0.254 e. The van der Waals surface area contributed by atoms with Gasteiger partial charge in [0.15, 0.2) is 0 Å². The molecule has 0 N–H and O–H groups in total. The van der Waals surface area contributed by atoms with Crippen LogP contribution in [0.2, 0.25) is 0 Å². The molecule has 5 rings (SSSR count). The molecule has 0 aliphatic carbocycles. The Morgan fingerprint density at radius 2 is 1.85 bits per heavy atom. The molecule has 5 nitrogen and oxygen atoms in total. The van der Waals surface area contributed by atoms with E-state index in [-0.39, 0.29) is 17.9 Å². The van der Waals surface area contributed by atoms with E-state index in [9.17, 15) is 9.59 Å². The van der Waals surface area contributed by atoms with Crippen molar-refractivity contribution in [3.8, 4) is 0 Å². The van der Waals surface area contributed by atoms with Crippen LogP contribution in [0.25, 0.3) is 0 Å². The topological polar surface area (TPSA) is 49.9 Å². The second kappa shape index (κ2) is 9.49. The normalized spacial score (nSPS) is 22.5. The van der Waals surface area contributed by atoms with E-state index in [4.69, 9.17) is 4.74 Å². The number of hydrogen-bond donors (Lipinski definition) is 0. The molecule has 2 aromatic carbocycles. The van der Waals surface area contributed by atoms with E-state index in [2.05, 4.69) is 24.3 Å². The largest absolute Gasteiger partial charge is 0.383 e. The molecule has 3 heterocycles. The van der Waals surface area contributed by atoms with Gasteiger partial charge in [0.1, 0.15) is 0 Å². The minimum absolute atomic E-state index is 0.0336. The summed E-state index contributed by atoms with van der Waals surface area (Å²) in [6.07, 6.45) is 0.958. The maximum atomic E-state index is 14.1. The van der Waals surface area contributed by atoms with Crippen molar-refractivity contribution in [3.05, 3.63) is 93.7 Å². The third-order valence-electron chi connectivity index (χ3n) is 6.85. The Morgan fingerprint density at radius 1 is 1.06 bits per heavy atom. The van der Waals surface area contributed by atoms with Crippen LogP contribution in [0.5, 0.6) is 0 Å². The zero-order valence-electron chi connectivity index (χ0n) is 18.7. The van der Waals surface area contributed by atoms with Crippen LogP contribution in [-0.2, 0) is 9.53 Å². The molecule has 2 aliphatic heterocycles. The average molecular weight is 461 g/mol. The maximum absolute atomic E-state index is 14.1. The number of hydrogen-bond acceptors (Lipinski definition) is 4. The van der Waals surface area contributed by atoms with Gasteiger partial charge in [-0.2, -0.15) is 0 Å². The van der Waals surface area contributed by atoms with Crippen molar-refractivity contribution in [2.45, 2.75) is 24.3 Å². The van der Waals surface area contributed by atoms with Gasteiger partial charge in [-0.05, 0) is 35.1 Å². The van der Waals surface area contributed by atoms with Gasteiger partial charge in [-0.1, -0.05) is 54.6 Å². The SMILES string of the molecule is COCCN1C(=O)c2ccccc2[C@H](C(=O)N2CC[C@H](c3ccccc3)C2)[C@@H]1c1cccs1. The van der Waals surface area contributed by atoms with Gasteiger partial charge < -0.3 is 14.5 Å². The quantitative estimate of drug-likeness (QED) is 0.536. The summed E-state index contributed by atoms with van der Waals surface area (Å²) in [5.74, 6) is -0.00721. The summed E-state index contributed by atoms with van der Waals surface area (Å²) in [5, 5.41) is 2.01. The monoisotopic (exact) mass is 460 g/mol. The van der Waals surface area contributed by atoms with Crippen molar-refractivity contribution in [3.63, 3.8) is 0 Å². The third kappa shape index (κ3) is 4.09. The van der Waals surface area contributed by atoms with Crippen LogP contribution >= 0.6 is 11.3 Å². The summed E-state index contributed by atoms with van der Waals surface area (Å²) in [6, 6.07) is 21.7. The standard InChI is InChI=1S/C27H28N2O3S/c1-32-16-15-29-25(23-12-7-17-33-23)24(21-10-5-6-11-22(21)26(29)30)27(31)28-14-13-20(18-28)19-8-3-2-4-9-19/h2-12,17,20,24-25H,13-16,18H2,1H3/t20-,24-,25-/m0/s1. The van der Waals surface area contributed by atoms with Crippen molar-refractivity contribution in [1.29, 1.82) is 0 Å². The number of fused-ring (bicyclic) bond motifs is 1. The first-order valence-electron chi connectivity index (χ1n) is 11.4. The van der Waals surface area contributed by atoms with Gasteiger partial charge in [0.05, 0.1) is 18.6 Å². The minimum Gasteiger partial charge on any atom is -0.383 e. The average Bonchev–Trinajstić information content (AvgIpc) is 3.56.